The summed E-state index contributed by atoms with van der Waals surface area (Å²) < 4.78 is 12.3. The van der Waals surface area contributed by atoms with Gasteiger partial charge in [-0.05, 0) is 37.7 Å². The topological polar surface area (TPSA) is 80.4 Å². The summed E-state index contributed by atoms with van der Waals surface area (Å²) in [6, 6.07) is 0.652. The van der Waals surface area contributed by atoms with Crippen molar-refractivity contribution in [3.8, 4) is 0 Å². The predicted molar refractivity (Wildman–Crippen MR) is 100 cm³/mol. The first kappa shape index (κ1) is 16.9. The molecule has 8 heteroatoms. The molecule has 3 aliphatic rings. The fourth-order valence-corrected chi connectivity index (χ4v) is 4.23. The average molecular weight is 370 g/mol. The smallest absolute Gasteiger partial charge is 0.318 e. The first-order valence-corrected chi connectivity index (χ1v) is 9.91. The second kappa shape index (κ2) is 6.44. The Labute approximate surface area is 158 Å². The van der Waals surface area contributed by atoms with Crippen molar-refractivity contribution in [1.82, 2.24) is 20.2 Å². The number of anilines is 2. The fraction of sp³-hybridized carbons (Fsp3) is 0.684. The van der Waals surface area contributed by atoms with E-state index in [0.717, 1.165) is 56.5 Å². The Kier molecular flexibility index (Phi) is 4.03. The molecule has 1 aliphatic carbocycles. The molecule has 1 saturated heterocycles. The van der Waals surface area contributed by atoms with E-state index in [1.165, 1.54) is 24.8 Å². The minimum atomic E-state index is -0.325. The van der Waals surface area contributed by atoms with Crippen molar-refractivity contribution in [1.29, 1.82) is 0 Å². The van der Waals surface area contributed by atoms with Crippen LogP contribution in [0.1, 0.15) is 55.2 Å². The Morgan fingerprint density at radius 2 is 2.00 bits per heavy atom. The standard InChI is InChI=1S/C19H26N6O2/c1-24(2)17-20-12-14-6-11-26-19(15(14)21-17)7-9-25(10-8-19)18-23-22-16(27-18)13-4-3-5-13/h12-13H,3-11H2,1-2H3. The van der Waals surface area contributed by atoms with E-state index in [-0.39, 0.29) is 5.60 Å². The van der Waals surface area contributed by atoms with Gasteiger partial charge in [0.1, 0.15) is 5.60 Å². The van der Waals surface area contributed by atoms with Gasteiger partial charge in [-0.3, -0.25) is 0 Å². The van der Waals surface area contributed by atoms with Crippen molar-refractivity contribution >= 4 is 12.0 Å². The Balaban J connectivity index is 1.35. The molecule has 144 valence electrons. The van der Waals surface area contributed by atoms with Crippen molar-refractivity contribution < 1.29 is 9.15 Å². The molecule has 0 amide bonds. The summed E-state index contributed by atoms with van der Waals surface area (Å²) in [6.07, 6.45) is 8.19. The second-order valence-electron chi connectivity index (χ2n) is 8.07. The van der Waals surface area contributed by atoms with Gasteiger partial charge in [-0.15, -0.1) is 5.10 Å². The largest absolute Gasteiger partial charge is 0.408 e. The Bertz CT molecular complexity index is 823. The molecule has 0 radical (unpaired) electrons. The lowest BCUT2D eigenvalue weighted by molar-refractivity contribution is -0.0804. The highest BCUT2D eigenvalue weighted by Gasteiger charge is 2.43. The van der Waals surface area contributed by atoms with E-state index in [9.17, 15) is 0 Å². The molecule has 5 rings (SSSR count). The zero-order chi connectivity index (χ0) is 18.4. The van der Waals surface area contributed by atoms with Crippen molar-refractivity contribution in [2.45, 2.75) is 50.0 Å². The van der Waals surface area contributed by atoms with Crippen molar-refractivity contribution in [3.05, 3.63) is 23.3 Å². The lowest BCUT2D eigenvalue weighted by Crippen LogP contribution is -2.47. The maximum Gasteiger partial charge on any atom is 0.318 e. The molecular formula is C19H26N6O2. The molecule has 2 aromatic heterocycles. The molecule has 2 aromatic rings. The summed E-state index contributed by atoms with van der Waals surface area (Å²) >= 11 is 0. The normalized spacial score (nSPS) is 21.8. The maximum absolute atomic E-state index is 6.32. The van der Waals surface area contributed by atoms with Gasteiger partial charge in [-0.1, -0.05) is 11.5 Å². The number of hydrogen-bond donors (Lipinski definition) is 0. The van der Waals surface area contributed by atoms with Crippen LogP contribution in [-0.4, -0.2) is 54.0 Å². The average Bonchev–Trinajstić information content (AvgIpc) is 3.10. The first-order valence-electron chi connectivity index (χ1n) is 9.91. The molecule has 1 spiro atoms. The zero-order valence-corrected chi connectivity index (χ0v) is 16.0. The maximum atomic E-state index is 6.32. The van der Waals surface area contributed by atoms with Crippen LogP contribution in [0.25, 0.3) is 0 Å². The summed E-state index contributed by atoms with van der Waals surface area (Å²) in [5.41, 5.74) is 1.95. The van der Waals surface area contributed by atoms with E-state index >= 15 is 0 Å². The van der Waals surface area contributed by atoms with Crippen LogP contribution in [0, 0.1) is 0 Å². The van der Waals surface area contributed by atoms with Crippen LogP contribution in [-0.2, 0) is 16.8 Å². The second-order valence-corrected chi connectivity index (χ2v) is 8.07. The van der Waals surface area contributed by atoms with Gasteiger partial charge < -0.3 is 19.0 Å². The molecule has 4 heterocycles. The Hall–Kier alpha value is -2.22. The molecular weight excluding hydrogens is 344 g/mol. The van der Waals surface area contributed by atoms with Gasteiger partial charge in [0.2, 0.25) is 11.8 Å². The third-order valence-electron chi connectivity index (χ3n) is 6.16. The third-order valence-corrected chi connectivity index (χ3v) is 6.16. The van der Waals surface area contributed by atoms with Crippen LogP contribution >= 0.6 is 0 Å². The lowest BCUT2D eigenvalue weighted by atomic mass is 9.83. The summed E-state index contributed by atoms with van der Waals surface area (Å²) in [5, 5.41) is 8.56. The van der Waals surface area contributed by atoms with Crippen LogP contribution in [0.4, 0.5) is 12.0 Å². The van der Waals surface area contributed by atoms with Crippen molar-refractivity contribution in [2.24, 2.45) is 0 Å². The van der Waals surface area contributed by atoms with Crippen LogP contribution in [0.15, 0.2) is 10.6 Å². The number of rotatable bonds is 3. The number of aromatic nitrogens is 4. The number of nitrogens with zero attached hydrogens (tertiary/aromatic N) is 6. The Morgan fingerprint density at radius 1 is 1.19 bits per heavy atom. The first-order chi connectivity index (χ1) is 13.1. The Morgan fingerprint density at radius 3 is 2.70 bits per heavy atom. The van der Waals surface area contributed by atoms with Crippen LogP contribution in [0.3, 0.4) is 0 Å². The summed E-state index contributed by atoms with van der Waals surface area (Å²) in [4.78, 5) is 13.5. The monoisotopic (exact) mass is 370 g/mol. The summed E-state index contributed by atoms with van der Waals surface area (Å²) in [5.74, 6) is 2.01. The molecule has 2 aliphatic heterocycles. The van der Waals surface area contributed by atoms with Gasteiger partial charge in [-0.25, -0.2) is 9.97 Å². The molecule has 0 N–H and O–H groups in total. The van der Waals surface area contributed by atoms with E-state index in [1.54, 1.807) is 0 Å². The highest BCUT2D eigenvalue weighted by Crippen LogP contribution is 2.42. The van der Waals surface area contributed by atoms with Gasteiger partial charge in [0, 0.05) is 39.3 Å². The van der Waals surface area contributed by atoms with Crippen molar-refractivity contribution in [2.75, 3.05) is 43.6 Å². The van der Waals surface area contributed by atoms with E-state index in [1.807, 2.05) is 25.2 Å². The van der Waals surface area contributed by atoms with E-state index in [4.69, 9.17) is 14.1 Å². The molecule has 0 bridgehead atoms. The zero-order valence-electron chi connectivity index (χ0n) is 16.0. The number of hydrogen-bond acceptors (Lipinski definition) is 8. The van der Waals surface area contributed by atoms with E-state index < -0.39 is 0 Å². The van der Waals surface area contributed by atoms with E-state index in [0.29, 0.717) is 11.9 Å². The molecule has 1 saturated carbocycles. The highest BCUT2D eigenvalue weighted by molar-refractivity contribution is 5.37. The molecule has 27 heavy (non-hydrogen) atoms. The van der Waals surface area contributed by atoms with Gasteiger partial charge >= 0.3 is 6.01 Å². The number of piperidine rings is 1. The van der Waals surface area contributed by atoms with E-state index in [2.05, 4.69) is 20.1 Å². The highest BCUT2D eigenvalue weighted by atomic mass is 16.5. The number of fused-ring (bicyclic) bond motifs is 2. The lowest BCUT2D eigenvalue weighted by Gasteiger charge is -2.43. The summed E-state index contributed by atoms with van der Waals surface area (Å²) in [6.45, 7) is 2.38. The minimum Gasteiger partial charge on any atom is -0.408 e. The fourth-order valence-electron chi connectivity index (χ4n) is 4.23. The quantitative estimate of drug-likeness (QED) is 0.814. The van der Waals surface area contributed by atoms with Crippen LogP contribution in [0.5, 0.6) is 0 Å². The van der Waals surface area contributed by atoms with Crippen LogP contribution < -0.4 is 9.80 Å². The van der Waals surface area contributed by atoms with Gasteiger partial charge in [-0.2, -0.15) is 0 Å². The van der Waals surface area contributed by atoms with Crippen molar-refractivity contribution in [3.63, 3.8) is 0 Å². The van der Waals surface area contributed by atoms with Gasteiger partial charge in [0.15, 0.2) is 0 Å². The molecule has 0 aromatic carbocycles. The van der Waals surface area contributed by atoms with Crippen LogP contribution in [0.2, 0.25) is 0 Å². The van der Waals surface area contributed by atoms with Gasteiger partial charge in [0.05, 0.1) is 12.3 Å². The molecule has 2 fully saturated rings. The van der Waals surface area contributed by atoms with Gasteiger partial charge in [0.25, 0.3) is 0 Å². The molecule has 8 nitrogen and oxygen atoms in total. The number of ether oxygens (including phenoxy) is 1. The molecule has 0 atom stereocenters. The summed E-state index contributed by atoms with van der Waals surface area (Å²) in [7, 11) is 3.94. The predicted octanol–water partition coefficient (Wildman–Crippen LogP) is 2.26. The third kappa shape index (κ3) is 2.86. The minimum absolute atomic E-state index is 0.325. The SMILES string of the molecule is CN(C)c1ncc2c(n1)C1(CCN(c3nnc(C4CCC4)o3)CC1)OCC2. The molecule has 0 unspecified atom stereocenters.